The molecule has 0 unspecified atom stereocenters. The van der Waals surface area contributed by atoms with Gasteiger partial charge in [-0.3, -0.25) is 9.59 Å². The summed E-state index contributed by atoms with van der Waals surface area (Å²) in [6.07, 6.45) is 5.35. The molecular weight excluding hydrogens is 324 g/mol. The number of thiophene rings is 1. The highest BCUT2D eigenvalue weighted by Crippen LogP contribution is 2.21. The van der Waals surface area contributed by atoms with Crippen LogP contribution in [0.1, 0.15) is 29.0 Å². The highest BCUT2D eigenvalue weighted by molar-refractivity contribution is 7.08. The van der Waals surface area contributed by atoms with Crippen LogP contribution in [-0.4, -0.2) is 50.8 Å². The summed E-state index contributed by atoms with van der Waals surface area (Å²) in [6, 6.07) is 1.86. The zero-order valence-corrected chi connectivity index (χ0v) is 14.2. The first kappa shape index (κ1) is 15.4. The second kappa shape index (κ2) is 6.39. The van der Waals surface area contributed by atoms with Crippen molar-refractivity contribution in [1.82, 2.24) is 19.4 Å². The highest BCUT2D eigenvalue weighted by atomic mass is 32.1. The summed E-state index contributed by atoms with van der Waals surface area (Å²) < 4.78 is 2.12. The third-order valence-corrected chi connectivity index (χ3v) is 5.46. The Labute approximate surface area is 144 Å². The SMILES string of the molecule is O=C1CCCN1C[C@H]1CN(C(=O)c2ccsc2)Cc2nccn2C1. The average Bonchev–Trinajstić information content (AvgIpc) is 3.29. The van der Waals surface area contributed by atoms with Crippen LogP contribution in [0.15, 0.2) is 29.2 Å². The fourth-order valence-electron chi connectivity index (χ4n) is 3.59. The van der Waals surface area contributed by atoms with E-state index in [4.69, 9.17) is 0 Å². The summed E-state index contributed by atoms with van der Waals surface area (Å²) in [5, 5.41) is 3.81. The fraction of sp³-hybridized carbons (Fsp3) is 0.471. The monoisotopic (exact) mass is 344 g/mol. The molecule has 0 N–H and O–H groups in total. The summed E-state index contributed by atoms with van der Waals surface area (Å²) in [5.74, 6) is 1.42. The molecule has 0 saturated carbocycles. The van der Waals surface area contributed by atoms with Crippen molar-refractivity contribution in [1.29, 1.82) is 0 Å². The lowest BCUT2D eigenvalue weighted by Crippen LogP contribution is -2.39. The molecule has 1 atom stereocenters. The van der Waals surface area contributed by atoms with Gasteiger partial charge in [0.1, 0.15) is 5.82 Å². The molecular formula is C17H20N4O2S. The topological polar surface area (TPSA) is 58.4 Å². The minimum atomic E-state index is 0.0467. The molecule has 2 aliphatic rings. The van der Waals surface area contributed by atoms with E-state index in [0.29, 0.717) is 26.1 Å². The molecule has 0 radical (unpaired) electrons. The first-order valence-electron chi connectivity index (χ1n) is 8.30. The molecule has 0 spiro atoms. The first-order valence-corrected chi connectivity index (χ1v) is 9.24. The molecule has 7 heteroatoms. The molecule has 24 heavy (non-hydrogen) atoms. The summed E-state index contributed by atoms with van der Waals surface area (Å²) in [6.45, 7) is 3.52. The number of amides is 2. The maximum atomic E-state index is 12.8. The molecule has 0 bridgehead atoms. The van der Waals surface area contributed by atoms with Gasteiger partial charge in [-0.2, -0.15) is 11.3 Å². The van der Waals surface area contributed by atoms with E-state index in [2.05, 4.69) is 9.55 Å². The van der Waals surface area contributed by atoms with Crippen molar-refractivity contribution < 1.29 is 9.59 Å². The Morgan fingerprint density at radius 3 is 3.04 bits per heavy atom. The molecule has 0 aliphatic carbocycles. The lowest BCUT2D eigenvalue weighted by Gasteiger charge is -2.27. The predicted molar refractivity (Wildman–Crippen MR) is 90.6 cm³/mol. The van der Waals surface area contributed by atoms with Gasteiger partial charge in [0.25, 0.3) is 5.91 Å². The van der Waals surface area contributed by atoms with E-state index >= 15 is 0 Å². The lowest BCUT2D eigenvalue weighted by atomic mass is 10.1. The Balaban J connectivity index is 1.56. The van der Waals surface area contributed by atoms with E-state index in [9.17, 15) is 9.59 Å². The minimum Gasteiger partial charge on any atom is -0.342 e. The standard InChI is InChI=1S/C17H20N4O2S/c22-16-2-1-5-20(16)9-13-8-19-6-4-18-15(19)11-21(10-13)17(23)14-3-7-24-12-14/h3-4,6-7,12-13H,1-2,5,8-11H2/t13-/m0/s1. The van der Waals surface area contributed by atoms with E-state index in [1.165, 1.54) is 11.3 Å². The molecule has 2 aliphatic heterocycles. The maximum Gasteiger partial charge on any atom is 0.255 e. The Bertz CT molecular complexity index is 740. The van der Waals surface area contributed by atoms with Crippen LogP contribution in [0.2, 0.25) is 0 Å². The predicted octanol–water partition coefficient (Wildman–Crippen LogP) is 1.84. The van der Waals surface area contributed by atoms with E-state index in [-0.39, 0.29) is 17.7 Å². The van der Waals surface area contributed by atoms with Crippen LogP contribution in [0, 0.1) is 5.92 Å². The molecule has 6 nitrogen and oxygen atoms in total. The number of imidazole rings is 1. The Morgan fingerprint density at radius 2 is 2.29 bits per heavy atom. The molecule has 4 rings (SSSR count). The Hall–Kier alpha value is -2.15. The molecule has 0 aromatic carbocycles. The number of carbonyl (C=O) groups excluding carboxylic acids is 2. The maximum absolute atomic E-state index is 12.8. The zero-order chi connectivity index (χ0) is 16.5. The number of aromatic nitrogens is 2. The van der Waals surface area contributed by atoms with Gasteiger partial charge in [-0.25, -0.2) is 4.98 Å². The van der Waals surface area contributed by atoms with E-state index in [0.717, 1.165) is 30.9 Å². The van der Waals surface area contributed by atoms with Crippen LogP contribution in [0.3, 0.4) is 0 Å². The van der Waals surface area contributed by atoms with Crippen molar-refractivity contribution in [3.8, 4) is 0 Å². The number of rotatable bonds is 3. The Kier molecular flexibility index (Phi) is 4.10. The van der Waals surface area contributed by atoms with Crippen LogP contribution in [0.25, 0.3) is 0 Å². The Morgan fingerprint density at radius 1 is 1.38 bits per heavy atom. The van der Waals surface area contributed by atoms with Crippen LogP contribution in [0.4, 0.5) is 0 Å². The minimum absolute atomic E-state index is 0.0467. The zero-order valence-electron chi connectivity index (χ0n) is 13.4. The van der Waals surface area contributed by atoms with Crippen molar-refractivity contribution in [3.63, 3.8) is 0 Å². The number of fused-ring (bicyclic) bond motifs is 1. The van der Waals surface area contributed by atoms with Gasteiger partial charge in [0.05, 0.1) is 12.1 Å². The van der Waals surface area contributed by atoms with E-state index in [1.54, 1.807) is 6.20 Å². The first-order chi connectivity index (χ1) is 11.7. The van der Waals surface area contributed by atoms with Gasteiger partial charge in [-0.05, 0) is 17.9 Å². The number of likely N-dealkylation sites (tertiary alicyclic amines) is 1. The molecule has 1 fully saturated rings. The highest BCUT2D eigenvalue weighted by Gasteiger charge is 2.30. The van der Waals surface area contributed by atoms with Crippen LogP contribution in [0.5, 0.6) is 0 Å². The van der Waals surface area contributed by atoms with Crippen molar-refractivity contribution in [2.45, 2.75) is 25.9 Å². The molecule has 4 heterocycles. The second-order valence-corrected chi connectivity index (χ2v) is 7.28. The van der Waals surface area contributed by atoms with Crippen LogP contribution >= 0.6 is 11.3 Å². The van der Waals surface area contributed by atoms with E-state index < -0.39 is 0 Å². The van der Waals surface area contributed by atoms with Gasteiger partial charge < -0.3 is 14.4 Å². The molecule has 2 aromatic rings. The average molecular weight is 344 g/mol. The van der Waals surface area contributed by atoms with Crippen molar-refractivity contribution in [2.24, 2.45) is 5.92 Å². The van der Waals surface area contributed by atoms with Gasteiger partial charge in [0, 0.05) is 56.3 Å². The van der Waals surface area contributed by atoms with Crippen molar-refractivity contribution >= 4 is 23.2 Å². The molecule has 2 aromatic heterocycles. The lowest BCUT2D eigenvalue weighted by molar-refractivity contribution is -0.128. The summed E-state index contributed by atoms with van der Waals surface area (Å²) in [5.41, 5.74) is 0.732. The smallest absolute Gasteiger partial charge is 0.255 e. The van der Waals surface area contributed by atoms with Gasteiger partial charge in [0.15, 0.2) is 0 Å². The fourth-order valence-corrected chi connectivity index (χ4v) is 4.22. The summed E-state index contributed by atoms with van der Waals surface area (Å²) >= 11 is 1.53. The molecule has 1 saturated heterocycles. The van der Waals surface area contributed by atoms with Crippen molar-refractivity contribution in [3.05, 3.63) is 40.6 Å². The van der Waals surface area contributed by atoms with Crippen LogP contribution in [-0.2, 0) is 17.9 Å². The third-order valence-electron chi connectivity index (χ3n) is 4.77. The normalized spacial score (nSPS) is 21.0. The van der Waals surface area contributed by atoms with Gasteiger partial charge in [-0.1, -0.05) is 0 Å². The number of carbonyl (C=O) groups is 2. The van der Waals surface area contributed by atoms with Gasteiger partial charge >= 0.3 is 0 Å². The van der Waals surface area contributed by atoms with Gasteiger partial charge in [0.2, 0.25) is 5.91 Å². The van der Waals surface area contributed by atoms with Crippen molar-refractivity contribution in [2.75, 3.05) is 19.6 Å². The van der Waals surface area contributed by atoms with E-state index in [1.807, 2.05) is 32.8 Å². The quantitative estimate of drug-likeness (QED) is 0.854. The third kappa shape index (κ3) is 2.96. The molecule has 126 valence electrons. The summed E-state index contributed by atoms with van der Waals surface area (Å²) in [4.78, 5) is 33.0. The number of nitrogens with zero attached hydrogens (tertiary/aromatic N) is 4. The molecule has 2 amide bonds. The number of hydrogen-bond acceptors (Lipinski definition) is 4. The second-order valence-electron chi connectivity index (χ2n) is 6.50. The van der Waals surface area contributed by atoms with Gasteiger partial charge in [-0.15, -0.1) is 0 Å². The largest absolute Gasteiger partial charge is 0.342 e. The van der Waals surface area contributed by atoms with Crippen LogP contribution < -0.4 is 0 Å². The number of hydrogen-bond donors (Lipinski definition) is 0. The summed E-state index contributed by atoms with van der Waals surface area (Å²) in [7, 11) is 0.